The topological polar surface area (TPSA) is 37.3 Å². The highest BCUT2D eigenvalue weighted by atomic mass is 35.5. The smallest absolute Gasteiger partial charge is 0.319 e. The number of carbonyl (C=O) groups is 1. The number of hydrogen-bond acceptors (Lipinski definition) is 1. The van der Waals surface area contributed by atoms with Gasteiger partial charge in [-0.15, -0.1) is 23.2 Å². The lowest BCUT2D eigenvalue weighted by Crippen LogP contribution is -2.29. The van der Waals surface area contributed by atoms with Gasteiger partial charge in [0.15, 0.2) is 23.3 Å². The van der Waals surface area contributed by atoms with Gasteiger partial charge in [0, 0.05) is 5.41 Å². The van der Waals surface area contributed by atoms with Crippen LogP contribution in [-0.4, -0.2) is 15.9 Å². The van der Waals surface area contributed by atoms with Crippen LogP contribution < -0.4 is 0 Å². The molecule has 0 aromatic heterocycles. The molecule has 1 aromatic carbocycles. The van der Waals surface area contributed by atoms with Gasteiger partial charge in [-0.05, 0) is 5.57 Å². The Bertz CT molecular complexity index is 674. The van der Waals surface area contributed by atoms with E-state index in [0.717, 1.165) is 6.08 Å². The number of alkyl halides is 2. The molecule has 8 heteroatoms. The molecule has 0 bridgehead atoms. The molecular weight excluding hydrogens is 347 g/mol. The molecule has 0 amide bonds. The summed E-state index contributed by atoms with van der Waals surface area (Å²) in [5, 5.41) is 9.49. The molecule has 22 heavy (non-hydrogen) atoms. The van der Waals surface area contributed by atoms with Crippen LogP contribution in [0.4, 0.5) is 17.6 Å². The number of aliphatic carboxylic acids is 1. The van der Waals surface area contributed by atoms with Gasteiger partial charge < -0.3 is 5.11 Å². The molecular formula is C14H9Cl2F4O2. The van der Waals surface area contributed by atoms with E-state index in [9.17, 15) is 27.5 Å². The van der Waals surface area contributed by atoms with Crippen LogP contribution in [0.3, 0.4) is 0 Å². The lowest BCUT2D eigenvalue weighted by molar-refractivity contribution is -0.140. The third-order valence-corrected chi connectivity index (χ3v) is 4.24. The maximum absolute atomic E-state index is 14.0. The van der Waals surface area contributed by atoms with E-state index in [0.29, 0.717) is 0 Å². The Hall–Kier alpha value is -1.27. The minimum absolute atomic E-state index is 0.0368. The molecule has 1 aromatic rings. The van der Waals surface area contributed by atoms with E-state index in [1.54, 1.807) is 0 Å². The molecule has 1 atom stereocenters. The van der Waals surface area contributed by atoms with E-state index in [1.165, 1.54) is 19.9 Å². The molecule has 0 aliphatic heterocycles. The fraction of sp³-hybridized carbons (Fsp3) is 0.357. The molecule has 0 unspecified atom stereocenters. The zero-order valence-corrected chi connectivity index (χ0v) is 12.8. The normalized spacial score (nSPS) is 24.9. The van der Waals surface area contributed by atoms with E-state index < -0.39 is 50.5 Å². The molecule has 1 radical (unpaired) electrons. The maximum atomic E-state index is 14.0. The van der Waals surface area contributed by atoms with Crippen LogP contribution in [0.5, 0.6) is 0 Å². The lowest BCUT2D eigenvalue weighted by atomic mass is 9.86. The van der Waals surface area contributed by atoms with E-state index in [1.807, 2.05) is 0 Å². The summed E-state index contributed by atoms with van der Waals surface area (Å²) in [6.45, 7) is 2.71. The highest BCUT2D eigenvalue weighted by Gasteiger charge is 2.75. The minimum Gasteiger partial charge on any atom is -0.480 e. The molecule has 119 valence electrons. The van der Waals surface area contributed by atoms with Crippen molar-refractivity contribution in [1.29, 1.82) is 0 Å². The van der Waals surface area contributed by atoms with Crippen LogP contribution in [-0.2, 0) is 10.2 Å². The van der Waals surface area contributed by atoms with Crippen molar-refractivity contribution in [3.05, 3.63) is 46.5 Å². The summed E-state index contributed by atoms with van der Waals surface area (Å²) in [5.41, 5.74) is -4.88. The number of carboxylic acids is 1. The van der Waals surface area contributed by atoms with Crippen molar-refractivity contribution in [1.82, 2.24) is 0 Å². The predicted octanol–water partition coefficient (Wildman–Crippen LogP) is 4.14. The SMILES string of the molecule is CC1(C)/C(=C\C(Cl)Cl)[C@@]1(C(=O)O)c1c(F)c(F)[c]c(F)c1F. The third kappa shape index (κ3) is 2.04. The molecule has 0 heterocycles. The lowest BCUT2D eigenvalue weighted by Gasteiger charge is -2.17. The summed E-state index contributed by atoms with van der Waals surface area (Å²) in [7, 11) is 0. The summed E-state index contributed by atoms with van der Waals surface area (Å²) in [6.07, 6.45) is 1.09. The van der Waals surface area contributed by atoms with Crippen molar-refractivity contribution >= 4 is 29.2 Å². The maximum Gasteiger partial charge on any atom is 0.319 e. The van der Waals surface area contributed by atoms with Gasteiger partial charge in [0.2, 0.25) is 0 Å². The average molecular weight is 356 g/mol. The highest BCUT2D eigenvalue weighted by Crippen LogP contribution is 2.70. The van der Waals surface area contributed by atoms with Crippen LogP contribution in [0, 0.1) is 34.8 Å². The van der Waals surface area contributed by atoms with Gasteiger partial charge in [-0.25, -0.2) is 17.6 Å². The summed E-state index contributed by atoms with van der Waals surface area (Å²) in [5.74, 6) is -8.88. The van der Waals surface area contributed by atoms with Crippen LogP contribution in [0.2, 0.25) is 0 Å². The summed E-state index contributed by atoms with van der Waals surface area (Å²) in [6, 6.07) is 1.22. The first-order valence-electron chi connectivity index (χ1n) is 5.99. The standard InChI is InChI=1S/C14H9Cl2F4O2/c1-13(2)7(4-8(15)16)14(13,12(21)22)9-10(19)5(17)3-6(18)11(9)20/h4,8H,1-2H3,(H,21,22)/b7-4+/t14-/m0/s1. The third-order valence-electron chi connectivity index (χ3n) is 3.98. The largest absolute Gasteiger partial charge is 0.480 e. The molecule has 1 saturated carbocycles. The first-order chi connectivity index (χ1) is 9.99. The van der Waals surface area contributed by atoms with Crippen LogP contribution in [0.15, 0.2) is 11.6 Å². The van der Waals surface area contributed by atoms with Crippen molar-refractivity contribution in [2.45, 2.75) is 24.1 Å². The Morgan fingerprint density at radius 1 is 1.18 bits per heavy atom. The zero-order chi connectivity index (χ0) is 17.0. The molecule has 1 fully saturated rings. The predicted molar refractivity (Wildman–Crippen MR) is 71.8 cm³/mol. The highest BCUT2D eigenvalue weighted by molar-refractivity contribution is 6.45. The van der Waals surface area contributed by atoms with Gasteiger partial charge >= 0.3 is 5.97 Å². The molecule has 0 spiro atoms. The van der Waals surface area contributed by atoms with Crippen molar-refractivity contribution in [2.24, 2.45) is 5.41 Å². The van der Waals surface area contributed by atoms with E-state index in [4.69, 9.17) is 23.2 Å². The fourth-order valence-electron chi connectivity index (χ4n) is 2.94. The van der Waals surface area contributed by atoms with Gasteiger partial charge in [0.25, 0.3) is 0 Å². The van der Waals surface area contributed by atoms with Gasteiger partial charge in [0.05, 0.1) is 11.6 Å². The Labute approximate surface area is 133 Å². The number of carboxylic acid groups (broad SMARTS) is 1. The van der Waals surface area contributed by atoms with Crippen LogP contribution in [0.25, 0.3) is 0 Å². The monoisotopic (exact) mass is 355 g/mol. The second-order valence-electron chi connectivity index (χ2n) is 5.35. The Morgan fingerprint density at radius 2 is 1.64 bits per heavy atom. The van der Waals surface area contributed by atoms with E-state index in [-0.39, 0.29) is 5.57 Å². The number of benzene rings is 1. The van der Waals surface area contributed by atoms with Gasteiger partial charge in [-0.3, -0.25) is 4.79 Å². The number of allylic oxidation sites excluding steroid dienone is 1. The zero-order valence-electron chi connectivity index (χ0n) is 11.3. The Kier molecular flexibility index (Phi) is 3.99. The van der Waals surface area contributed by atoms with Gasteiger partial charge in [0.1, 0.15) is 10.3 Å². The Morgan fingerprint density at radius 3 is 2.00 bits per heavy atom. The van der Waals surface area contributed by atoms with Crippen molar-refractivity contribution < 1.29 is 27.5 Å². The quantitative estimate of drug-likeness (QED) is 0.383. The Balaban J connectivity index is 2.86. The number of rotatable bonds is 3. The van der Waals surface area contributed by atoms with Crippen molar-refractivity contribution in [3.8, 4) is 0 Å². The number of halogens is 6. The minimum atomic E-state index is -2.29. The van der Waals surface area contributed by atoms with E-state index in [2.05, 4.69) is 0 Å². The van der Waals surface area contributed by atoms with Gasteiger partial charge in [-0.2, -0.15) is 0 Å². The molecule has 1 aliphatic rings. The second-order valence-corrected chi connectivity index (χ2v) is 6.51. The second kappa shape index (κ2) is 5.13. The van der Waals surface area contributed by atoms with Crippen molar-refractivity contribution in [3.63, 3.8) is 0 Å². The summed E-state index contributed by atoms with van der Waals surface area (Å²) >= 11 is 11.1. The first kappa shape index (κ1) is 17.1. The number of hydrogen-bond donors (Lipinski definition) is 1. The van der Waals surface area contributed by atoms with Crippen molar-refractivity contribution in [2.75, 3.05) is 0 Å². The van der Waals surface area contributed by atoms with Gasteiger partial charge in [-0.1, -0.05) is 19.9 Å². The summed E-state index contributed by atoms with van der Waals surface area (Å²) in [4.78, 5) is 10.6. The molecule has 1 aliphatic carbocycles. The fourth-order valence-corrected chi connectivity index (χ4v) is 3.19. The first-order valence-corrected chi connectivity index (χ1v) is 6.86. The molecule has 2 rings (SSSR count). The van der Waals surface area contributed by atoms with Crippen LogP contribution in [0.1, 0.15) is 19.4 Å². The van der Waals surface area contributed by atoms with Crippen LogP contribution >= 0.6 is 23.2 Å². The van der Waals surface area contributed by atoms with E-state index >= 15 is 0 Å². The molecule has 0 saturated heterocycles. The average Bonchev–Trinajstić information content (AvgIpc) is 2.84. The molecule has 2 nitrogen and oxygen atoms in total. The molecule has 1 N–H and O–H groups in total. The summed E-state index contributed by atoms with van der Waals surface area (Å²) < 4.78 is 54.8.